The largest absolute Gasteiger partial charge is 0.391 e. The maximum Gasteiger partial charge on any atom is 0.292 e. The van der Waals surface area contributed by atoms with Gasteiger partial charge in [0.05, 0.1) is 17.1 Å². The summed E-state index contributed by atoms with van der Waals surface area (Å²) in [5, 5.41) is 24.0. The van der Waals surface area contributed by atoms with Crippen molar-refractivity contribution in [2.75, 3.05) is 5.32 Å². The topological polar surface area (TPSA) is 75.4 Å². The average molecular weight is 250 g/mol. The summed E-state index contributed by atoms with van der Waals surface area (Å²) in [6.07, 6.45) is 3.27. The number of nitrogens with one attached hydrogen (secondary N) is 1. The van der Waals surface area contributed by atoms with E-state index in [0.29, 0.717) is 5.69 Å². The van der Waals surface area contributed by atoms with Gasteiger partial charge in [-0.2, -0.15) is 0 Å². The summed E-state index contributed by atoms with van der Waals surface area (Å²) in [7, 11) is 0. The van der Waals surface area contributed by atoms with E-state index in [1.165, 1.54) is 6.07 Å². The summed E-state index contributed by atoms with van der Waals surface area (Å²) >= 11 is 0. The summed E-state index contributed by atoms with van der Waals surface area (Å²) < 4.78 is 0. The Morgan fingerprint density at radius 2 is 2.11 bits per heavy atom. The molecule has 1 fully saturated rings. The van der Waals surface area contributed by atoms with E-state index in [1.54, 1.807) is 12.1 Å². The smallest absolute Gasteiger partial charge is 0.292 e. The number of hydrogen-bond acceptors (Lipinski definition) is 4. The van der Waals surface area contributed by atoms with E-state index in [1.807, 2.05) is 6.92 Å². The molecular weight excluding hydrogens is 232 g/mol. The second-order valence-corrected chi connectivity index (χ2v) is 4.88. The normalized spacial score (nSPS) is 23.7. The minimum absolute atomic E-state index is 0.0679. The van der Waals surface area contributed by atoms with Gasteiger partial charge in [-0.05, 0) is 31.4 Å². The van der Waals surface area contributed by atoms with Crippen LogP contribution in [0.1, 0.15) is 31.2 Å². The van der Waals surface area contributed by atoms with Gasteiger partial charge in [0.1, 0.15) is 5.69 Å². The van der Waals surface area contributed by atoms with Crippen molar-refractivity contribution in [3.05, 3.63) is 33.9 Å². The Hall–Kier alpha value is -1.62. The van der Waals surface area contributed by atoms with Crippen LogP contribution in [0.15, 0.2) is 18.2 Å². The standard InChI is InChI=1S/C13H18N2O3/c1-9-6-7-12(15(17)18)11(8-9)14-10-4-2-3-5-13(10)16/h6-8,10,13-14,16H,2-5H2,1H3. The van der Waals surface area contributed by atoms with Crippen molar-refractivity contribution in [2.45, 2.75) is 44.8 Å². The Balaban J connectivity index is 2.21. The van der Waals surface area contributed by atoms with Crippen molar-refractivity contribution in [3.8, 4) is 0 Å². The number of aliphatic hydroxyl groups is 1. The van der Waals surface area contributed by atoms with Gasteiger partial charge >= 0.3 is 0 Å². The molecule has 0 saturated heterocycles. The Bertz CT molecular complexity index is 448. The van der Waals surface area contributed by atoms with Crippen LogP contribution in [-0.2, 0) is 0 Å². The van der Waals surface area contributed by atoms with Crippen LogP contribution < -0.4 is 5.32 Å². The van der Waals surface area contributed by atoms with Gasteiger partial charge in [-0.1, -0.05) is 18.9 Å². The molecule has 0 bridgehead atoms. The predicted octanol–water partition coefficient (Wildman–Crippen LogP) is 2.62. The van der Waals surface area contributed by atoms with E-state index in [-0.39, 0.29) is 11.7 Å². The van der Waals surface area contributed by atoms with Gasteiger partial charge < -0.3 is 10.4 Å². The molecule has 1 saturated carbocycles. The van der Waals surface area contributed by atoms with Crippen molar-refractivity contribution in [3.63, 3.8) is 0 Å². The molecule has 1 aliphatic rings. The van der Waals surface area contributed by atoms with E-state index in [4.69, 9.17) is 0 Å². The zero-order chi connectivity index (χ0) is 13.1. The van der Waals surface area contributed by atoms with Gasteiger partial charge in [-0.25, -0.2) is 0 Å². The first-order valence-corrected chi connectivity index (χ1v) is 6.27. The van der Waals surface area contributed by atoms with Gasteiger partial charge in [0, 0.05) is 6.07 Å². The van der Waals surface area contributed by atoms with E-state index in [2.05, 4.69) is 5.32 Å². The van der Waals surface area contributed by atoms with Crippen LogP contribution in [0, 0.1) is 17.0 Å². The summed E-state index contributed by atoms with van der Waals surface area (Å²) in [5.41, 5.74) is 1.54. The number of benzene rings is 1. The Morgan fingerprint density at radius 1 is 1.39 bits per heavy atom. The molecular formula is C13H18N2O3. The summed E-state index contributed by atoms with van der Waals surface area (Å²) in [5.74, 6) is 0. The fourth-order valence-electron chi connectivity index (χ4n) is 2.40. The minimum atomic E-state index is -0.418. The zero-order valence-electron chi connectivity index (χ0n) is 10.4. The molecule has 2 atom stereocenters. The van der Waals surface area contributed by atoms with Gasteiger partial charge in [0.25, 0.3) is 5.69 Å². The van der Waals surface area contributed by atoms with Gasteiger partial charge in [-0.15, -0.1) is 0 Å². The lowest BCUT2D eigenvalue weighted by molar-refractivity contribution is -0.384. The second-order valence-electron chi connectivity index (χ2n) is 4.88. The number of nitrogens with zero attached hydrogens (tertiary/aromatic N) is 1. The van der Waals surface area contributed by atoms with Crippen LogP contribution >= 0.6 is 0 Å². The highest BCUT2D eigenvalue weighted by Gasteiger charge is 2.25. The van der Waals surface area contributed by atoms with Crippen LogP contribution in [0.5, 0.6) is 0 Å². The second kappa shape index (κ2) is 5.35. The van der Waals surface area contributed by atoms with Gasteiger partial charge in [0.2, 0.25) is 0 Å². The number of rotatable bonds is 3. The number of nitro groups is 1. The third kappa shape index (κ3) is 2.79. The van der Waals surface area contributed by atoms with Crippen molar-refractivity contribution in [1.82, 2.24) is 0 Å². The van der Waals surface area contributed by atoms with Crippen LogP contribution in [0.2, 0.25) is 0 Å². The van der Waals surface area contributed by atoms with Crippen LogP contribution in [0.4, 0.5) is 11.4 Å². The van der Waals surface area contributed by atoms with Gasteiger partial charge in [-0.3, -0.25) is 10.1 Å². The fourth-order valence-corrected chi connectivity index (χ4v) is 2.40. The minimum Gasteiger partial charge on any atom is -0.391 e. The monoisotopic (exact) mass is 250 g/mol. The summed E-state index contributed by atoms with van der Waals surface area (Å²) in [4.78, 5) is 10.6. The fraction of sp³-hybridized carbons (Fsp3) is 0.538. The van der Waals surface area contributed by atoms with E-state index in [0.717, 1.165) is 31.2 Å². The Morgan fingerprint density at radius 3 is 2.78 bits per heavy atom. The summed E-state index contributed by atoms with van der Waals surface area (Å²) in [6.45, 7) is 1.90. The zero-order valence-corrected chi connectivity index (χ0v) is 10.4. The molecule has 5 nitrogen and oxygen atoms in total. The molecule has 2 unspecified atom stereocenters. The number of hydrogen-bond donors (Lipinski definition) is 2. The third-order valence-corrected chi connectivity index (χ3v) is 3.42. The predicted molar refractivity (Wildman–Crippen MR) is 69.7 cm³/mol. The first kappa shape index (κ1) is 12.8. The SMILES string of the molecule is Cc1ccc([N+](=O)[O-])c(NC2CCCCC2O)c1. The maximum atomic E-state index is 11.0. The molecule has 0 radical (unpaired) electrons. The Kier molecular flexibility index (Phi) is 3.81. The maximum absolute atomic E-state index is 11.0. The van der Waals surface area contributed by atoms with Crippen molar-refractivity contribution in [2.24, 2.45) is 0 Å². The molecule has 0 heterocycles. The van der Waals surface area contributed by atoms with E-state index in [9.17, 15) is 15.2 Å². The van der Waals surface area contributed by atoms with Crippen molar-refractivity contribution in [1.29, 1.82) is 0 Å². The molecule has 1 aromatic carbocycles. The molecule has 1 aromatic rings. The molecule has 0 aliphatic heterocycles. The number of nitro benzene ring substituents is 1. The average Bonchev–Trinajstić information content (AvgIpc) is 2.32. The number of aryl methyl sites for hydroxylation is 1. The molecule has 0 spiro atoms. The lowest BCUT2D eigenvalue weighted by atomic mass is 9.92. The lowest BCUT2D eigenvalue weighted by Gasteiger charge is -2.29. The number of aliphatic hydroxyl groups excluding tert-OH is 1. The van der Waals surface area contributed by atoms with Gasteiger partial charge in [0.15, 0.2) is 0 Å². The van der Waals surface area contributed by atoms with Crippen molar-refractivity contribution < 1.29 is 10.0 Å². The molecule has 18 heavy (non-hydrogen) atoms. The molecule has 1 aliphatic carbocycles. The number of anilines is 1. The van der Waals surface area contributed by atoms with E-state index < -0.39 is 11.0 Å². The highest BCUT2D eigenvalue weighted by Crippen LogP contribution is 2.29. The third-order valence-electron chi connectivity index (χ3n) is 3.42. The summed E-state index contributed by atoms with van der Waals surface area (Å²) in [6, 6.07) is 4.91. The molecule has 0 aromatic heterocycles. The van der Waals surface area contributed by atoms with Crippen molar-refractivity contribution >= 4 is 11.4 Å². The quantitative estimate of drug-likeness (QED) is 0.638. The highest BCUT2D eigenvalue weighted by molar-refractivity contribution is 5.63. The Labute approximate surface area is 106 Å². The molecule has 98 valence electrons. The molecule has 2 rings (SSSR count). The van der Waals surface area contributed by atoms with Crippen LogP contribution in [0.25, 0.3) is 0 Å². The molecule has 2 N–H and O–H groups in total. The van der Waals surface area contributed by atoms with E-state index >= 15 is 0 Å². The highest BCUT2D eigenvalue weighted by atomic mass is 16.6. The first-order valence-electron chi connectivity index (χ1n) is 6.27. The lowest BCUT2D eigenvalue weighted by Crippen LogP contribution is -2.36. The van der Waals surface area contributed by atoms with Crippen LogP contribution in [-0.4, -0.2) is 22.2 Å². The molecule has 0 amide bonds. The van der Waals surface area contributed by atoms with Crippen LogP contribution in [0.3, 0.4) is 0 Å². The molecule has 5 heteroatoms. The first-order chi connectivity index (χ1) is 8.58.